The van der Waals surface area contributed by atoms with Crippen molar-refractivity contribution in [1.82, 2.24) is 10.2 Å². The second-order valence-corrected chi connectivity index (χ2v) is 6.91. The van der Waals surface area contributed by atoms with Crippen LogP contribution in [0, 0.1) is 11.3 Å². The van der Waals surface area contributed by atoms with Gasteiger partial charge in [0.15, 0.2) is 0 Å². The summed E-state index contributed by atoms with van der Waals surface area (Å²) in [4.78, 5) is 25.7. The van der Waals surface area contributed by atoms with Gasteiger partial charge in [-0.15, -0.1) is 0 Å². The molecule has 0 spiro atoms. The van der Waals surface area contributed by atoms with Crippen molar-refractivity contribution in [2.75, 3.05) is 13.1 Å². The van der Waals surface area contributed by atoms with E-state index in [1.807, 2.05) is 0 Å². The Kier molecular flexibility index (Phi) is 4.49. The van der Waals surface area contributed by atoms with Crippen molar-refractivity contribution in [1.29, 1.82) is 0 Å². The van der Waals surface area contributed by atoms with Gasteiger partial charge in [-0.2, -0.15) is 0 Å². The highest BCUT2D eigenvalue weighted by Gasteiger charge is 2.49. The summed E-state index contributed by atoms with van der Waals surface area (Å²) in [5, 5.41) is 12.2. The third-order valence-corrected chi connectivity index (χ3v) is 5.82. The van der Waals surface area contributed by atoms with Crippen LogP contribution < -0.4 is 5.32 Å². The number of carboxylic acids is 1. The maximum absolute atomic E-state index is 12.4. The smallest absolute Gasteiger partial charge is 0.329 e. The largest absolute Gasteiger partial charge is 0.480 e. The number of piperidine rings is 1. The Hall–Kier alpha value is -1.26. The first-order valence-electron chi connectivity index (χ1n) is 8.17. The zero-order valence-corrected chi connectivity index (χ0v) is 13.4. The molecule has 2 amide bonds. The molecule has 0 aromatic rings. The number of urea groups is 1. The van der Waals surface area contributed by atoms with Crippen molar-refractivity contribution in [3.05, 3.63) is 0 Å². The maximum Gasteiger partial charge on any atom is 0.329 e. The zero-order valence-electron chi connectivity index (χ0n) is 13.4. The number of nitrogens with one attached hydrogen (secondary N) is 1. The Morgan fingerprint density at radius 1 is 1.24 bits per heavy atom. The molecule has 5 heteroatoms. The van der Waals surface area contributed by atoms with Crippen LogP contribution in [0.25, 0.3) is 0 Å². The first kappa shape index (κ1) is 16.1. The number of amides is 2. The number of hydrogen-bond acceptors (Lipinski definition) is 2. The summed E-state index contributed by atoms with van der Waals surface area (Å²) in [6, 6.07) is -0.215. The first-order valence-corrected chi connectivity index (χ1v) is 8.17. The van der Waals surface area contributed by atoms with E-state index in [1.54, 1.807) is 11.8 Å². The molecule has 1 saturated heterocycles. The van der Waals surface area contributed by atoms with Crippen LogP contribution in [0.5, 0.6) is 0 Å². The third kappa shape index (κ3) is 3.16. The third-order valence-electron chi connectivity index (χ3n) is 5.82. The van der Waals surface area contributed by atoms with Crippen LogP contribution in [-0.2, 0) is 4.79 Å². The Bertz CT molecular complexity index is 406. The van der Waals surface area contributed by atoms with Gasteiger partial charge >= 0.3 is 12.0 Å². The van der Waals surface area contributed by atoms with Crippen molar-refractivity contribution in [3.8, 4) is 0 Å². The van der Waals surface area contributed by atoms with E-state index >= 15 is 0 Å². The molecule has 1 atom stereocenters. The summed E-state index contributed by atoms with van der Waals surface area (Å²) in [6.07, 6.45) is 6.10. The van der Waals surface area contributed by atoms with E-state index in [1.165, 1.54) is 0 Å². The lowest BCUT2D eigenvalue weighted by Crippen LogP contribution is -2.58. The van der Waals surface area contributed by atoms with Gasteiger partial charge in [0.25, 0.3) is 0 Å². The zero-order chi connectivity index (χ0) is 15.7. The summed E-state index contributed by atoms with van der Waals surface area (Å²) in [6.45, 7) is 7.53. The minimum atomic E-state index is -1.11. The lowest BCUT2D eigenvalue weighted by atomic mass is 9.74. The van der Waals surface area contributed by atoms with Gasteiger partial charge < -0.3 is 15.3 Å². The van der Waals surface area contributed by atoms with E-state index in [4.69, 9.17) is 0 Å². The first-order chi connectivity index (χ1) is 9.87. The molecule has 1 unspecified atom stereocenters. The molecule has 0 aromatic heterocycles. The minimum Gasteiger partial charge on any atom is -0.480 e. The van der Waals surface area contributed by atoms with E-state index < -0.39 is 11.5 Å². The average molecular weight is 296 g/mol. The van der Waals surface area contributed by atoms with Gasteiger partial charge in [-0.05, 0) is 43.9 Å². The number of hydrogen-bond donors (Lipinski definition) is 2. The molecular formula is C16H28N2O3. The Morgan fingerprint density at radius 3 is 2.14 bits per heavy atom. The van der Waals surface area contributed by atoms with Crippen LogP contribution in [-0.4, -0.2) is 40.6 Å². The molecule has 1 aliphatic carbocycles. The minimum absolute atomic E-state index is 0.0779. The molecular weight excluding hydrogens is 268 g/mol. The van der Waals surface area contributed by atoms with Crippen molar-refractivity contribution < 1.29 is 14.7 Å². The van der Waals surface area contributed by atoms with Gasteiger partial charge in [-0.25, -0.2) is 9.59 Å². The van der Waals surface area contributed by atoms with E-state index in [0.29, 0.717) is 5.41 Å². The Balaban J connectivity index is 1.94. The van der Waals surface area contributed by atoms with Crippen molar-refractivity contribution in [2.45, 2.75) is 64.8 Å². The van der Waals surface area contributed by atoms with E-state index in [0.717, 1.165) is 51.6 Å². The van der Waals surface area contributed by atoms with Gasteiger partial charge in [0.2, 0.25) is 0 Å². The van der Waals surface area contributed by atoms with Crippen molar-refractivity contribution in [3.63, 3.8) is 0 Å². The molecule has 2 rings (SSSR count). The van der Waals surface area contributed by atoms with Crippen LogP contribution in [0.4, 0.5) is 4.79 Å². The second-order valence-electron chi connectivity index (χ2n) is 6.91. The lowest BCUT2D eigenvalue weighted by Gasteiger charge is -2.41. The van der Waals surface area contributed by atoms with Crippen molar-refractivity contribution >= 4 is 12.0 Å². The Morgan fingerprint density at radius 2 is 1.76 bits per heavy atom. The van der Waals surface area contributed by atoms with Gasteiger partial charge in [0.1, 0.15) is 5.54 Å². The highest BCUT2D eigenvalue weighted by molar-refractivity contribution is 5.86. The number of nitrogens with zero attached hydrogens (tertiary/aromatic N) is 1. The van der Waals surface area contributed by atoms with Gasteiger partial charge in [0.05, 0.1) is 0 Å². The van der Waals surface area contributed by atoms with Gasteiger partial charge in [-0.3, -0.25) is 0 Å². The highest BCUT2D eigenvalue weighted by Crippen LogP contribution is 2.41. The molecule has 1 saturated carbocycles. The quantitative estimate of drug-likeness (QED) is 0.819. The number of carboxylic acid groups (broad SMARTS) is 1. The predicted octanol–water partition coefficient (Wildman–Crippen LogP) is 2.85. The summed E-state index contributed by atoms with van der Waals surface area (Å²) >= 11 is 0. The van der Waals surface area contributed by atoms with E-state index in [2.05, 4.69) is 19.2 Å². The molecule has 1 heterocycles. The van der Waals surface area contributed by atoms with Crippen LogP contribution in [0.3, 0.4) is 0 Å². The maximum atomic E-state index is 12.4. The van der Waals surface area contributed by atoms with Crippen LogP contribution in [0.15, 0.2) is 0 Å². The summed E-state index contributed by atoms with van der Waals surface area (Å²) in [7, 11) is 0. The normalized spacial score (nSPS) is 24.2. The monoisotopic (exact) mass is 296 g/mol. The number of aliphatic carboxylic acids is 1. The molecule has 5 nitrogen and oxygen atoms in total. The van der Waals surface area contributed by atoms with Crippen LogP contribution >= 0.6 is 0 Å². The number of likely N-dealkylation sites (tertiary alicyclic amines) is 1. The van der Waals surface area contributed by atoms with Crippen molar-refractivity contribution in [2.24, 2.45) is 11.3 Å². The fourth-order valence-electron chi connectivity index (χ4n) is 3.43. The highest BCUT2D eigenvalue weighted by atomic mass is 16.4. The summed E-state index contributed by atoms with van der Waals surface area (Å²) in [5.74, 6) is -0.846. The molecule has 0 radical (unpaired) electrons. The SMILES string of the molecule is CCC1(CC)CCN(C(=O)NC(C)(C(=O)O)C2CC2)CC1. The molecule has 2 N–H and O–H groups in total. The van der Waals surface area contributed by atoms with E-state index in [-0.39, 0.29) is 11.9 Å². The Labute approximate surface area is 127 Å². The summed E-state index contributed by atoms with van der Waals surface area (Å²) in [5.41, 5.74) is -0.746. The number of rotatable bonds is 5. The average Bonchev–Trinajstić information content (AvgIpc) is 3.32. The van der Waals surface area contributed by atoms with Gasteiger partial charge in [0, 0.05) is 13.1 Å². The molecule has 21 heavy (non-hydrogen) atoms. The van der Waals surface area contributed by atoms with Gasteiger partial charge in [-0.1, -0.05) is 26.7 Å². The topological polar surface area (TPSA) is 69.6 Å². The molecule has 2 aliphatic rings. The van der Waals surface area contributed by atoms with E-state index in [9.17, 15) is 14.7 Å². The van der Waals surface area contributed by atoms with Crippen LogP contribution in [0.1, 0.15) is 59.3 Å². The molecule has 1 aliphatic heterocycles. The number of carbonyl (C=O) groups excluding carboxylic acids is 1. The fourth-order valence-corrected chi connectivity index (χ4v) is 3.43. The van der Waals surface area contributed by atoms with Crippen LogP contribution in [0.2, 0.25) is 0 Å². The summed E-state index contributed by atoms with van der Waals surface area (Å²) < 4.78 is 0. The molecule has 0 bridgehead atoms. The molecule has 2 fully saturated rings. The lowest BCUT2D eigenvalue weighted by molar-refractivity contribution is -0.144. The standard InChI is InChI=1S/C16H28N2O3/c1-4-16(5-2)8-10-18(11-9-16)14(21)17-15(3,13(19)20)12-6-7-12/h12H,4-11H2,1-3H3,(H,17,21)(H,19,20). The molecule has 0 aromatic carbocycles. The number of carbonyl (C=O) groups is 2. The predicted molar refractivity (Wildman–Crippen MR) is 81.1 cm³/mol. The second kappa shape index (κ2) is 5.85. The fraction of sp³-hybridized carbons (Fsp3) is 0.875. The molecule has 120 valence electrons.